The second kappa shape index (κ2) is 6.11. The van der Waals surface area contributed by atoms with E-state index in [0.29, 0.717) is 19.8 Å². The largest absolute Gasteiger partial charge is 0.415 e. The monoisotopic (exact) mass is 344 g/mol. The van der Waals surface area contributed by atoms with Crippen LogP contribution >= 0.6 is 0 Å². The zero-order valence-corrected chi connectivity index (χ0v) is 16.5. The third-order valence-corrected chi connectivity index (χ3v) is 9.85. The van der Waals surface area contributed by atoms with Crippen LogP contribution < -0.4 is 5.73 Å². The fourth-order valence-corrected chi connectivity index (χ4v) is 3.82. The van der Waals surface area contributed by atoms with Crippen molar-refractivity contribution in [2.75, 3.05) is 19.8 Å². The molecule has 0 aromatic rings. The van der Waals surface area contributed by atoms with E-state index < -0.39 is 20.1 Å². The number of rotatable bonds is 5. The number of carbonyl (C=O) groups is 1. The van der Waals surface area contributed by atoms with Crippen molar-refractivity contribution in [1.82, 2.24) is 4.90 Å². The summed E-state index contributed by atoms with van der Waals surface area (Å²) in [6.45, 7) is 16.4. The maximum Gasteiger partial charge on any atom is 0.242 e. The highest BCUT2D eigenvalue weighted by Crippen LogP contribution is 2.37. The first kappa shape index (κ1) is 18.9. The Morgan fingerprint density at radius 1 is 1.39 bits per heavy atom. The summed E-state index contributed by atoms with van der Waals surface area (Å²) >= 11 is 0. The van der Waals surface area contributed by atoms with Crippen molar-refractivity contribution in [3.8, 4) is 0 Å². The van der Waals surface area contributed by atoms with Gasteiger partial charge in [0.1, 0.15) is 12.1 Å². The molecule has 0 radical (unpaired) electrons. The van der Waals surface area contributed by atoms with Gasteiger partial charge < -0.3 is 24.5 Å². The first-order valence-corrected chi connectivity index (χ1v) is 11.3. The number of nitrogens with two attached hydrogens (primary N) is 1. The standard InChI is InChI=1S/C16H32N2O4Si/c1-15(2,3)23(6,7)21-9-8-18-13(12(17)14(18)19)11-10-20-16(4,5)22-11/h11-13H,8-10,17H2,1-7H3/t11-,12+,13+/m1/s1. The molecule has 0 unspecified atom stereocenters. The molecule has 7 heteroatoms. The van der Waals surface area contributed by atoms with Crippen molar-refractivity contribution in [1.29, 1.82) is 0 Å². The summed E-state index contributed by atoms with van der Waals surface area (Å²) in [5, 5.41) is 0.161. The van der Waals surface area contributed by atoms with E-state index in [9.17, 15) is 4.79 Å². The highest BCUT2D eigenvalue weighted by molar-refractivity contribution is 6.74. The Kier molecular flexibility index (Phi) is 5.01. The van der Waals surface area contributed by atoms with Crippen LogP contribution in [0.3, 0.4) is 0 Å². The summed E-state index contributed by atoms with van der Waals surface area (Å²) in [6.07, 6.45) is -0.162. The molecular weight excluding hydrogens is 312 g/mol. The van der Waals surface area contributed by atoms with Crippen molar-refractivity contribution in [2.24, 2.45) is 5.73 Å². The quantitative estimate of drug-likeness (QED) is 0.607. The molecule has 1 amide bonds. The van der Waals surface area contributed by atoms with Gasteiger partial charge in [-0.15, -0.1) is 0 Å². The van der Waals surface area contributed by atoms with E-state index in [1.54, 1.807) is 4.90 Å². The van der Waals surface area contributed by atoms with Gasteiger partial charge in [0, 0.05) is 6.54 Å². The molecule has 2 aliphatic heterocycles. The van der Waals surface area contributed by atoms with Gasteiger partial charge in [-0.3, -0.25) is 4.79 Å². The van der Waals surface area contributed by atoms with Gasteiger partial charge in [-0.1, -0.05) is 20.8 Å². The Bertz CT molecular complexity index is 461. The van der Waals surface area contributed by atoms with Crippen LogP contribution in [0.25, 0.3) is 0 Å². The number of ether oxygens (including phenoxy) is 2. The van der Waals surface area contributed by atoms with Crippen LogP contribution in [0.1, 0.15) is 34.6 Å². The van der Waals surface area contributed by atoms with Crippen LogP contribution in [0.4, 0.5) is 0 Å². The number of amides is 1. The first-order chi connectivity index (χ1) is 10.4. The van der Waals surface area contributed by atoms with E-state index in [1.165, 1.54) is 0 Å². The molecule has 0 aromatic heterocycles. The van der Waals surface area contributed by atoms with Gasteiger partial charge in [-0.25, -0.2) is 0 Å². The molecule has 2 heterocycles. The van der Waals surface area contributed by atoms with Crippen molar-refractivity contribution < 1.29 is 18.7 Å². The van der Waals surface area contributed by atoms with Crippen LogP contribution in [-0.2, 0) is 18.7 Å². The Morgan fingerprint density at radius 2 is 2.00 bits per heavy atom. The van der Waals surface area contributed by atoms with E-state index in [0.717, 1.165) is 0 Å². The predicted molar refractivity (Wildman–Crippen MR) is 91.5 cm³/mol. The zero-order chi connectivity index (χ0) is 17.6. The molecule has 0 spiro atoms. The van der Waals surface area contributed by atoms with Gasteiger partial charge in [0.05, 0.1) is 19.3 Å². The lowest BCUT2D eigenvalue weighted by Gasteiger charge is -2.48. The number of carbonyl (C=O) groups excluding carboxylic acids is 1. The number of hydrogen-bond acceptors (Lipinski definition) is 5. The Morgan fingerprint density at radius 3 is 2.48 bits per heavy atom. The third-order valence-electron chi connectivity index (χ3n) is 5.31. The summed E-state index contributed by atoms with van der Waals surface area (Å²) in [4.78, 5) is 13.9. The highest BCUT2D eigenvalue weighted by Gasteiger charge is 2.53. The van der Waals surface area contributed by atoms with Gasteiger partial charge >= 0.3 is 0 Å². The summed E-state index contributed by atoms with van der Waals surface area (Å²) in [5.41, 5.74) is 5.99. The van der Waals surface area contributed by atoms with Crippen LogP contribution in [0.2, 0.25) is 18.1 Å². The normalized spacial score (nSPS) is 31.4. The van der Waals surface area contributed by atoms with Crippen LogP contribution in [0.15, 0.2) is 0 Å². The van der Waals surface area contributed by atoms with E-state index in [2.05, 4.69) is 33.9 Å². The van der Waals surface area contributed by atoms with Crippen molar-refractivity contribution in [3.63, 3.8) is 0 Å². The lowest BCUT2D eigenvalue weighted by atomic mass is 9.91. The Labute approximate surface area is 140 Å². The molecule has 2 saturated heterocycles. The molecule has 0 aromatic carbocycles. The fraction of sp³-hybridized carbons (Fsp3) is 0.938. The first-order valence-electron chi connectivity index (χ1n) is 8.37. The van der Waals surface area contributed by atoms with Gasteiger partial charge in [0.25, 0.3) is 0 Å². The number of likely N-dealkylation sites (tertiary alicyclic amines) is 1. The van der Waals surface area contributed by atoms with Crippen LogP contribution in [-0.4, -0.2) is 62.9 Å². The Hall–Kier alpha value is -0.473. The molecule has 2 aliphatic rings. The van der Waals surface area contributed by atoms with E-state index in [1.807, 2.05) is 13.8 Å². The minimum absolute atomic E-state index is 0.0258. The average Bonchev–Trinajstić information content (AvgIpc) is 2.75. The fourth-order valence-electron chi connectivity index (χ4n) is 2.79. The molecule has 2 fully saturated rings. The lowest BCUT2D eigenvalue weighted by Crippen LogP contribution is -2.73. The van der Waals surface area contributed by atoms with E-state index >= 15 is 0 Å². The zero-order valence-electron chi connectivity index (χ0n) is 15.5. The SMILES string of the molecule is CC1(C)OC[C@H]([C@H]2[C@H](N)C(=O)N2CCO[Si](C)(C)C(C)(C)C)O1. The van der Waals surface area contributed by atoms with Gasteiger partial charge in [0.2, 0.25) is 5.91 Å². The summed E-state index contributed by atoms with van der Waals surface area (Å²) < 4.78 is 17.6. The maximum atomic E-state index is 12.1. The Balaban J connectivity index is 1.90. The van der Waals surface area contributed by atoms with Crippen LogP contribution in [0, 0.1) is 0 Å². The van der Waals surface area contributed by atoms with Crippen molar-refractivity contribution in [2.45, 2.75) is 76.7 Å². The minimum atomic E-state index is -1.80. The summed E-state index contributed by atoms with van der Waals surface area (Å²) in [7, 11) is -1.80. The molecule has 2 rings (SSSR count). The van der Waals surface area contributed by atoms with Crippen molar-refractivity contribution >= 4 is 14.2 Å². The molecule has 23 heavy (non-hydrogen) atoms. The lowest BCUT2D eigenvalue weighted by molar-refractivity contribution is -0.172. The second-order valence-corrected chi connectivity index (χ2v) is 13.3. The van der Waals surface area contributed by atoms with Crippen molar-refractivity contribution in [3.05, 3.63) is 0 Å². The molecule has 134 valence electrons. The number of β-lactam (4-membered cyclic amide) rings is 1. The topological polar surface area (TPSA) is 74.0 Å². The molecule has 2 N–H and O–H groups in total. The predicted octanol–water partition coefficient (Wildman–Crippen LogP) is 1.70. The summed E-state index contributed by atoms with van der Waals surface area (Å²) in [5.74, 6) is -0.631. The molecular formula is C16H32N2O4Si. The molecule has 3 atom stereocenters. The minimum Gasteiger partial charge on any atom is -0.415 e. The molecule has 0 bridgehead atoms. The van der Waals surface area contributed by atoms with Crippen LogP contribution in [0.5, 0.6) is 0 Å². The number of nitrogens with zero attached hydrogens (tertiary/aromatic N) is 1. The highest BCUT2D eigenvalue weighted by atomic mass is 28.4. The molecule has 0 aliphatic carbocycles. The maximum absolute atomic E-state index is 12.1. The smallest absolute Gasteiger partial charge is 0.242 e. The average molecular weight is 345 g/mol. The van der Waals surface area contributed by atoms with Gasteiger partial charge in [0.15, 0.2) is 14.1 Å². The van der Waals surface area contributed by atoms with E-state index in [4.69, 9.17) is 19.6 Å². The summed E-state index contributed by atoms with van der Waals surface area (Å²) in [6, 6.07) is -0.613. The van der Waals surface area contributed by atoms with Gasteiger partial charge in [-0.2, -0.15) is 0 Å². The van der Waals surface area contributed by atoms with E-state index in [-0.39, 0.29) is 23.1 Å². The third kappa shape index (κ3) is 3.79. The molecule has 6 nitrogen and oxygen atoms in total. The molecule has 0 saturated carbocycles. The second-order valence-electron chi connectivity index (χ2n) is 8.52. The van der Waals surface area contributed by atoms with Gasteiger partial charge in [-0.05, 0) is 32.0 Å². The number of hydrogen-bond donors (Lipinski definition) is 1.